The molecule has 0 N–H and O–H groups in total. The number of rotatable bonds is 4. The summed E-state index contributed by atoms with van der Waals surface area (Å²) >= 11 is 0. The predicted molar refractivity (Wildman–Crippen MR) is 95.1 cm³/mol. The maximum atomic E-state index is 13.1. The number of benzene rings is 2. The molecule has 1 heterocycles. The largest absolute Gasteiger partial charge is 0.465 e. The second-order valence-electron chi connectivity index (χ2n) is 5.50. The van der Waals surface area contributed by atoms with E-state index >= 15 is 0 Å². The zero-order valence-corrected chi connectivity index (χ0v) is 14.0. The number of pyridine rings is 1. The molecule has 0 amide bonds. The lowest BCUT2D eigenvalue weighted by molar-refractivity contribution is 0.0595. The van der Waals surface area contributed by atoms with Crippen LogP contribution >= 0.6 is 0 Å². The highest BCUT2D eigenvalue weighted by atomic mass is 16.5. The van der Waals surface area contributed by atoms with Gasteiger partial charge >= 0.3 is 5.97 Å². The Hall–Kier alpha value is -3.21. The summed E-state index contributed by atoms with van der Waals surface area (Å²) in [6, 6.07) is 15.7. The minimum atomic E-state index is -0.808. The molecular weight excluding hydrogens is 318 g/mol. The van der Waals surface area contributed by atoms with Crippen molar-refractivity contribution in [3.8, 4) is 0 Å². The van der Waals surface area contributed by atoms with Crippen molar-refractivity contribution < 1.29 is 14.3 Å². The minimum absolute atomic E-state index is 0.0864. The molecule has 0 saturated carbocycles. The molecule has 5 heteroatoms. The number of hydrogen-bond donors (Lipinski definition) is 0. The molecule has 0 unspecified atom stereocenters. The summed E-state index contributed by atoms with van der Waals surface area (Å²) in [5.74, 6) is -1.19. The smallest absolute Gasteiger partial charge is 0.344 e. The fourth-order valence-electron chi connectivity index (χ4n) is 2.98. The number of ketones is 1. The zero-order valence-electron chi connectivity index (χ0n) is 14.0. The molecule has 0 spiro atoms. The van der Waals surface area contributed by atoms with Crippen molar-refractivity contribution in [2.75, 3.05) is 7.11 Å². The van der Waals surface area contributed by atoms with Crippen LogP contribution in [-0.2, 0) is 11.3 Å². The van der Waals surface area contributed by atoms with Gasteiger partial charge in [-0.3, -0.25) is 9.59 Å². The first-order valence-corrected chi connectivity index (χ1v) is 7.93. The van der Waals surface area contributed by atoms with Crippen molar-refractivity contribution >= 4 is 22.7 Å². The van der Waals surface area contributed by atoms with Crippen molar-refractivity contribution in [2.24, 2.45) is 0 Å². The van der Waals surface area contributed by atoms with E-state index < -0.39 is 11.5 Å². The predicted octanol–water partition coefficient (Wildman–Crippen LogP) is 3.04. The summed E-state index contributed by atoms with van der Waals surface area (Å²) in [4.78, 5) is 38.3. The average molecular weight is 335 g/mol. The summed E-state index contributed by atoms with van der Waals surface area (Å²) in [7, 11) is 1.20. The van der Waals surface area contributed by atoms with Crippen LogP contribution in [0.5, 0.6) is 0 Å². The lowest BCUT2D eigenvalue weighted by Gasteiger charge is -2.15. The van der Waals surface area contributed by atoms with Gasteiger partial charge in [-0.2, -0.15) is 0 Å². The first-order valence-electron chi connectivity index (χ1n) is 7.93. The lowest BCUT2D eigenvalue weighted by atomic mass is 9.95. The number of fused-ring (bicyclic) bond motifs is 1. The number of para-hydroxylation sites is 1. The van der Waals surface area contributed by atoms with E-state index in [1.807, 2.05) is 6.92 Å². The number of methoxy groups -OCH3 is 1. The van der Waals surface area contributed by atoms with E-state index in [9.17, 15) is 14.4 Å². The molecule has 0 radical (unpaired) electrons. The zero-order chi connectivity index (χ0) is 18.0. The molecule has 0 aliphatic carbocycles. The Balaban J connectivity index is 2.46. The van der Waals surface area contributed by atoms with Crippen molar-refractivity contribution in [2.45, 2.75) is 13.5 Å². The van der Waals surface area contributed by atoms with Crippen LogP contribution in [0, 0.1) is 0 Å². The monoisotopic (exact) mass is 335 g/mol. The Kier molecular flexibility index (Phi) is 4.48. The number of carbonyl (C=O) groups is 2. The highest BCUT2D eigenvalue weighted by molar-refractivity contribution is 6.20. The van der Waals surface area contributed by atoms with Crippen LogP contribution in [0.15, 0.2) is 59.4 Å². The van der Waals surface area contributed by atoms with E-state index in [0.717, 1.165) is 0 Å². The molecule has 3 aromatic rings. The van der Waals surface area contributed by atoms with E-state index in [4.69, 9.17) is 4.74 Å². The van der Waals surface area contributed by atoms with Crippen molar-refractivity contribution in [3.05, 3.63) is 81.6 Å². The summed E-state index contributed by atoms with van der Waals surface area (Å²) in [6.07, 6.45) is 0. The van der Waals surface area contributed by atoms with Crippen LogP contribution in [0.2, 0.25) is 0 Å². The molecule has 126 valence electrons. The van der Waals surface area contributed by atoms with Gasteiger partial charge in [0.25, 0.3) is 5.56 Å². The van der Waals surface area contributed by atoms with Gasteiger partial charge in [-0.1, -0.05) is 48.5 Å². The van der Waals surface area contributed by atoms with Gasteiger partial charge in [0, 0.05) is 17.5 Å². The molecule has 0 atom stereocenters. The highest BCUT2D eigenvalue weighted by Gasteiger charge is 2.27. The second-order valence-corrected chi connectivity index (χ2v) is 5.50. The first-order chi connectivity index (χ1) is 12.1. The van der Waals surface area contributed by atoms with Crippen molar-refractivity contribution in [1.29, 1.82) is 0 Å². The lowest BCUT2D eigenvalue weighted by Crippen LogP contribution is -2.30. The van der Waals surface area contributed by atoms with E-state index in [2.05, 4.69) is 0 Å². The summed E-state index contributed by atoms with van der Waals surface area (Å²) in [5.41, 5.74) is 0.362. The Morgan fingerprint density at radius 2 is 1.60 bits per heavy atom. The third kappa shape index (κ3) is 2.74. The van der Waals surface area contributed by atoms with Crippen LogP contribution in [0.1, 0.15) is 33.2 Å². The van der Waals surface area contributed by atoms with Gasteiger partial charge in [-0.05, 0) is 13.0 Å². The quantitative estimate of drug-likeness (QED) is 0.543. The number of aromatic nitrogens is 1. The summed E-state index contributed by atoms with van der Waals surface area (Å²) < 4.78 is 6.26. The van der Waals surface area contributed by atoms with Crippen LogP contribution in [0.25, 0.3) is 10.9 Å². The van der Waals surface area contributed by atoms with E-state index in [-0.39, 0.29) is 16.9 Å². The van der Waals surface area contributed by atoms with E-state index in [0.29, 0.717) is 23.0 Å². The van der Waals surface area contributed by atoms with Gasteiger partial charge in [-0.25, -0.2) is 4.79 Å². The average Bonchev–Trinajstić information content (AvgIpc) is 2.66. The van der Waals surface area contributed by atoms with Crippen LogP contribution in [-0.4, -0.2) is 23.4 Å². The number of hydrogen-bond acceptors (Lipinski definition) is 4. The topological polar surface area (TPSA) is 65.4 Å². The number of aryl methyl sites for hydroxylation is 1. The normalized spacial score (nSPS) is 10.6. The third-order valence-electron chi connectivity index (χ3n) is 4.14. The van der Waals surface area contributed by atoms with Crippen molar-refractivity contribution in [1.82, 2.24) is 4.57 Å². The third-order valence-corrected chi connectivity index (χ3v) is 4.14. The Morgan fingerprint density at radius 3 is 2.24 bits per heavy atom. The van der Waals surface area contributed by atoms with Gasteiger partial charge in [0.1, 0.15) is 5.56 Å². The molecule has 5 nitrogen and oxygen atoms in total. The molecule has 0 aliphatic rings. The molecule has 2 aromatic carbocycles. The Labute approximate surface area is 144 Å². The maximum absolute atomic E-state index is 13.1. The Morgan fingerprint density at radius 1 is 0.960 bits per heavy atom. The molecule has 0 aliphatic heterocycles. The number of nitrogens with zero attached hydrogens (tertiary/aromatic N) is 1. The van der Waals surface area contributed by atoms with E-state index in [1.165, 1.54) is 11.7 Å². The number of esters is 1. The van der Waals surface area contributed by atoms with E-state index in [1.54, 1.807) is 54.6 Å². The van der Waals surface area contributed by atoms with Crippen LogP contribution < -0.4 is 5.56 Å². The van der Waals surface area contributed by atoms with Gasteiger partial charge in [0.2, 0.25) is 0 Å². The van der Waals surface area contributed by atoms with Crippen LogP contribution in [0.4, 0.5) is 0 Å². The summed E-state index contributed by atoms with van der Waals surface area (Å²) in [6.45, 7) is 2.19. The molecule has 0 saturated heterocycles. The fourth-order valence-corrected chi connectivity index (χ4v) is 2.98. The minimum Gasteiger partial charge on any atom is -0.465 e. The van der Waals surface area contributed by atoms with Gasteiger partial charge in [-0.15, -0.1) is 0 Å². The first kappa shape index (κ1) is 16.6. The Bertz CT molecular complexity index is 1020. The van der Waals surface area contributed by atoms with Gasteiger partial charge < -0.3 is 9.30 Å². The molecular formula is C20H17NO4. The highest BCUT2D eigenvalue weighted by Crippen LogP contribution is 2.24. The fraction of sp³-hybridized carbons (Fsp3) is 0.150. The molecule has 0 fully saturated rings. The molecule has 0 bridgehead atoms. The molecule has 1 aromatic heterocycles. The number of ether oxygens (including phenoxy) is 1. The molecule has 3 rings (SSSR count). The van der Waals surface area contributed by atoms with Crippen LogP contribution in [0.3, 0.4) is 0 Å². The maximum Gasteiger partial charge on any atom is 0.344 e. The summed E-state index contributed by atoms with van der Waals surface area (Å²) in [5, 5.41) is 0.554. The van der Waals surface area contributed by atoms with Gasteiger partial charge in [0.05, 0.1) is 18.2 Å². The van der Waals surface area contributed by atoms with Crippen molar-refractivity contribution in [3.63, 3.8) is 0 Å². The number of carbonyl (C=O) groups excluding carboxylic acids is 2. The second kappa shape index (κ2) is 6.73. The standard InChI is InChI=1S/C20H17NO4/c1-3-21-15-12-8-7-11-14(15)16(17(19(21)23)20(24)25-2)18(22)13-9-5-4-6-10-13/h4-12H,3H2,1-2H3. The SMILES string of the molecule is CCn1c(=O)c(C(=O)OC)c(C(=O)c2ccccc2)c2ccccc21. The van der Waals surface area contributed by atoms with Gasteiger partial charge in [0.15, 0.2) is 5.78 Å². The molecule has 25 heavy (non-hydrogen) atoms.